The number of nitrogens with one attached hydrogen (secondary N) is 1. The quantitative estimate of drug-likeness (QED) is 0.835. The number of aromatic nitrogens is 2. The molecule has 0 saturated carbocycles. The van der Waals surface area contributed by atoms with Gasteiger partial charge in [-0.05, 0) is 18.6 Å². The van der Waals surface area contributed by atoms with E-state index in [0.717, 1.165) is 56.1 Å². The van der Waals surface area contributed by atoms with Gasteiger partial charge in [0.15, 0.2) is 0 Å². The van der Waals surface area contributed by atoms with Gasteiger partial charge in [0.1, 0.15) is 0 Å². The van der Waals surface area contributed by atoms with Crippen LogP contribution in [0.15, 0.2) is 24.3 Å². The number of piperazine rings is 1. The molecule has 134 valence electrons. The Hall–Kier alpha value is -2.12. The zero-order valence-corrected chi connectivity index (χ0v) is 14.4. The fourth-order valence-electron chi connectivity index (χ4n) is 3.74. The Balaban J connectivity index is 1.28. The first kappa shape index (κ1) is 16.4. The summed E-state index contributed by atoms with van der Waals surface area (Å²) in [6, 6.07) is 8.06. The van der Waals surface area contributed by atoms with Gasteiger partial charge in [-0.25, -0.2) is 4.98 Å². The number of para-hydroxylation sites is 2. The second-order valence-electron chi connectivity index (χ2n) is 6.96. The largest absolute Gasteiger partial charge is 0.390 e. The number of amides is 1. The van der Waals surface area contributed by atoms with Crippen LogP contribution in [0.4, 0.5) is 5.95 Å². The number of aromatic amines is 1. The highest BCUT2D eigenvalue weighted by Gasteiger charge is 2.25. The number of hydrogen-bond acceptors (Lipinski definition) is 5. The van der Waals surface area contributed by atoms with Gasteiger partial charge in [-0.3, -0.25) is 9.69 Å². The number of anilines is 1. The van der Waals surface area contributed by atoms with Crippen molar-refractivity contribution >= 4 is 22.9 Å². The summed E-state index contributed by atoms with van der Waals surface area (Å²) in [4.78, 5) is 26.0. The molecular formula is C18H25N5O2. The fourth-order valence-corrected chi connectivity index (χ4v) is 3.74. The molecule has 2 fully saturated rings. The van der Waals surface area contributed by atoms with Crippen molar-refractivity contribution in [2.45, 2.75) is 18.9 Å². The predicted octanol–water partition coefficient (Wildman–Crippen LogP) is 0.668. The number of carbonyl (C=O) groups is 1. The first-order valence-corrected chi connectivity index (χ1v) is 9.07. The Kier molecular flexibility index (Phi) is 4.59. The van der Waals surface area contributed by atoms with E-state index in [2.05, 4.69) is 19.8 Å². The van der Waals surface area contributed by atoms with Crippen LogP contribution in [0.3, 0.4) is 0 Å². The average molecular weight is 343 g/mol. The van der Waals surface area contributed by atoms with Gasteiger partial charge in [0.05, 0.1) is 17.1 Å². The Labute approximate surface area is 147 Å². The van der Waals surface area contributed by atoms with Crippen LogP contribution in [0.2, 0.25) is 0 Å². The minimum atomic E-state index is -0.472. The van der Waals surface area contributed by atoms with Crippen molar-refractivity contribution in [2.75, 3.05) is 50.7 Å². The number of fused-ring (bicyclic) bond motifs is 1. The molecule has 1 unspecified atom stereocenters. The monoisotopic (exact) mass is 343 g/mol. The van der Waals surface area contributed by atoms with Gasteiger partial charge in [-0.2, -0.15) is 0 Å². The molecule has 0 aliphatic carbocycles. The molecule has 0 radical (unpaired) electrons. The third kappa shape index (κ3) is 3.62. The van der Waals surface area contributed by atoms with E-state index in [0.29, 0.717) is 19.5 Å². The zero-order chi connectivity index (χ0) is 17.2. The van der Waals surface area contributed by atoms with Gasteiger partial charge in [-0.1, -0.05) is 12.1 Å². The summed E-state index contributed by atoms with van der Waals surface area (Å²) in [5.74, 6) is 1.10. The highest BCUT2D eigenvalue weighted by Crippen LogP contribution is 2.18. The number of H-pyrrole nitrogens is 1. The summed E-state index contributed by atoms with van der Waals surface area (Å²) < 4.78 is 0. The second-order valence-corrected chi connectivity index (χ2v) is 6.96. The normalized spacial score (nSPS) is 20.6. The van der Waals surface area contributed by atoms with E-state index in [1.54, 1.807) is 4.90 Å². The van der Waals surface area contributed by atoms with Gasteiger partial charge < -0.3 is 19.9 Å². The number of carbonyl (C=O) groups excluding carboxylic acids is 1. The molecule has 1 aromatic heterocycles. The van der Waals surface area contributed by atoms with Crippen LogP contribution in [0.1, 0.15) is 12.8 Å². The summed E-state index contributed by atoms with van der Waals surface area (Å²) in [5.41, 5.74) is 2.05. The van der Waals surface area contributed by atoms with E-state index in [4.69, 9.17) is 0 Å². The molecule has 1 aromatic carbocycles. The van der Waals surface area contributed by atoms with E-state index < -0.39 is 6.10 Å². The Morgan fingerprint density at radius 2 is 1.92 bits per heavy atom. The lowest BCUT2D eigenvalue weighted by Gasteiger charge is -2.35. The molecule has 1 atom stereocenters. The molecule has 2 aromatic rings. The molecule has 4 rings (SSSR count). The third-order valence-electron chi connectivity index (χ3n) is 5.12. The summed E-state index contributed by atoms with van der Waals surface area (Å²) in [5, 5.41) is 10.3. The SMILES string of the molecule is O=C1CCCN1CC(O)CN1CCN(c2nc3ccccc3[nH]2)CC1. The second kappa shape index (κ2) is 7.01. The van der Waals surface area contributed by atoms with Crippen LogP contribution in [0.25, 0.3) is 11.0 Å². The smallest absolute Gasteiger partial charge is 0.222 e. The lowest BCUT2D eigenvalue weighted by Crippen LogP contribution is -2.50. The number of rotatable bonds is 5. The Morgan fingerprint density at radius 3 is 2.64 bits per heavy atom. The maximum atomic E-state index is 11.7. The molecule has 2 aliphatic rings. The first-order chi connectivity index (χ1) is 12.2. The van der Waals surface area contributed by atoms with Gasteiger partial charge in [-0.15, -0.1) is 0 Å². The number of likely N-dealkylation sites (tertiary alicyclic amines) is 1. The number of aliphatic hydroxyl groups excluding tert-OH is 1. The molecular weight excluding hydrogens is 318 g/mol. The van der Waals surface area contributed by atoms with Crippen molar-refractivity contribution in [3.05, 3.63) is 24.3 Å². The molecule has 25 heavy (non-hydrogen) atoms. The van der Waals surface area contributed by atoms with Crippen LogP contribution in [-0.4, -0.2) is 82.7 Å². The van der Waals surface area contributed by atoms with Crippen LogP contribution in [0.5, 0.6) is 0 Å². The number of nitrogens with zero attached hydrogens (tertiary/aromatic N) is 4. The molecule has 2 aliphatic heterocycles. The summed E-state index contributed by atoms with van der Waals surface area (Å²) in [6.07, 6.45) is 1.07. The summed E-state index contributed by atoms with van der Waals surface area (Å²) in [7, 11) is 0. The van der Waals surface area contributed by atoms with Gasteiger partial charge >= 0.3 is 0 Å². The van der Waals surface area contributed by atoms with E-state index >= 15 is 0 Å². The number of aliphatic hydroxyl groups is 1. The van der Waals surface area contributed by atoms with Crippen molar-refractivity contribution in [2.24, 2.45) is 0 Å². The maximum absolute atomic E-state index is 11.7. The number of imidazole rings is 1. The van der Waals surface area contributed by atoms with E-state index in [-0.39, 0.29) is 5.91 Å². The van der Waals surface area contributed by atoms with E-state index in [9.17, 15) is 9.90 Å². The standard InChI is InChI=1S/C18H25N5O2/c24-14(13-23-7-3-6-17(23)25)12-21-8-10-22(11-9-21)18-19-15-4-1-2-5-16(15)20-18/h1-2,4-5,14,24H,3,6-13H2,(H,19,20). The first-order valence-electron chi connectivity index (χ1n) is 9.07. The summed E-state index contributed by atoms with van der Waals surface area (Å²) in [6.45, 7) is 5.42. The molecule has 7 nitrogen and oxygen atoms in total. The van der Waals surface area contributed by atoms with E-state index in [1.807, 2.05) is 24.3 Å². The van der Waals surface area contributed by atoms with Crippen LogP contribution in [0, 0.1) is 0 Å². The number of β-amino-alcohol motifs (C(OH)–C–C–N with tert-alkyl or cyclic N) is 1. The zero-order valence-electron chi connectivity index (χ0n) is 14.4. The molecule has 7 heteroatoms. The predicted molar refractivity (Wildman–Crippen MR) is 96.6 cm³/mol. The molecule has 3 heterocycles. The minimum Gasteiger partial charge on any atom is -0.390 e. The molecule has 0 spiro atoms. The van der Waals surface area contributed by atoms with Crippen molar-refractivity contribution < 1.29 is 9.90 Å². The lowest BCUT2D eigenvalue weighted by atomic mass is 10.2. The average Bonchev–Trinajstić information content (AvgIpc) is 3.22. The molecule has 1 amide bonds. The Morgan fingerprint density at radius 1 is 1.12 bits per heavy atom. The fraction of sp³-hybridized carbons (Fsp3) is 0.556. The Bertz CT molecular complexity index is 705. The van der Waals surface area contributed by atoms with Crippen LogP contribution in [-0.2, 0) is 4.79 Å². The van der Waals surface area contributed by atoms with Crippen LogP contribution < -0.4 is 4.90 Å². The lowest BCUT2D eigenvalue weighted by molar-refractivity contribution is -0.129. The minimum absolute atomic E-state index is 0.175. The van der Waals surface area contributed by atoms with Crippen molar-refractivity contribution in [3.63, 3.8) is 0 Å². The van der Waals surface area contributed by atoms with Crippen molar-refractivity contribution in [3.8, 4) is 0 Å². The summed E-state index contributed by atoms with van der Waals surface area (Å²) >= 11 is 0. The molecule has 2 N–H and O–H groups in total. The molecule has 2 saturated heterocycles. The number of benzene rings is 1. The van der Waals surface area contributed by atoms with Crippen LogP contribution >= 0.6 is 0 Å². The topological polar surface area (TPSA) is 75.7 Å². The highest BCUT2D eigenvalue weighted by molar-refractivity contribution is 5.78. The van der Waals surface area contributed by atoms with E-state index in [1.165, 1.54) is 0 Å². The third-order valence-corrected chi connectivity index (χ3v) is 5.12. The number of hydrogen-bond donors (Lipinski definition) is 2. The molecule has 0 bridgehead atoms. The van der Waals surface area contributed by atoms with Crippen molar-refractivity contribution in [1.29, 1.82) is 0 Å². The van der Waals surface area contributed by atoms with Crippen molar-refractivity contribution in [1.82, 2.24) is 19.8 Å². The maximum Gasteiger partial charge on any atom is 0.222 e. The highest BCUT2D eigenvalue weighted by atomic mass is 16.3. The van der Waals surface area contributed by atoms with Gasteiger partial charge in [0, 0.05) is 52.2 Å². The van der Waals surface area contributed by atoms with Gasteiger partial charge in [0.25, 0.3) is 0 Å². The van der Waals surface area contributed by atoms with Gasteiger partial charge in [0.2, 0.25) is 11.9 Å².